The summed E-state index contributed by atoms with van der Waals surface area (Å²) in [7, 11) is -4.06. The van der Waals surface area contributed by atoms with E-state index in [2.05, 4.69) is 5.32 Å². The van der Waals surface area contributed by atoms with E-state index in [0.29, 0.717) is 6.54 Å². The Bertz CT molecular complexity index is 660. The molecule has 1 aromatic rings. The molecule has 1 atom stereocenters. The second-order valence-corrected chi connectivity index (χ2v) is 6.07. The minimum Gasteiger partial charge on any atom is -0.449 e. The Balaban J connectivity index is 2.97. The van der Waals surface area contributed by atoms with Crippen LogP contribution in [0.25, 0.3) is 0 Å². The van der Waals surface area contributed by atoms with Crippen molar-refractivity contribution < 1.29 is 22.7 Å². The van der Waals surface area contributed by atoms with Crippen molar-refractivity contribution >= 4 is 33.5 Å². The summed E-state index contributed by atoms with van der Waals surface area (Å²) < 4.78 is 27.6. The van der Waals surface area contributed by atoms with E-state index < -0.39 is 28.0 Å². The average molecular weight is 335 g/mol. The topological polar surface area (TPSA) is 116 Å². The molecule has 0 radical (unpaired) electrons. The molecule has 1 aromatic carbocycles. The van der Waals surface area contributed by atoms with Crippen LogP contribution >= 0.6 is 11.6 Å². The fourth-order valence-electron chi connectivity index (χ4n) is 1.45. The lowest BCUT2D eigenvalue weighted by molar-refractivity contribution is -0.128. The number of rotatable bonds is 5. The van der Waals surface area contributed by atoms with Crippen LogP contribution in [-0.2, 0) is 19.6 Å². The Labute approximate surface area is 127 Å². The summed E-state index contributed by atoms with van der Waals surface area (Å²) in [4.78, 5) is 23.0. The number of primary sulfonamides is 1. The van der Waals surface area contributed by atoms with E-state index in [4.69, 9.17) is 21.5 Å². The van der Waals surface area contributed by atoms with Crippen LogP contribution in [0.2, 0.25) is 5.02 Å². The number of hydrogen-bond acceptors (Lipinski definition) is 5. The minimum absolute atomic E-state index is 0.0698. The number of carbonyl (C=O) groups excluding carboxylic acids is 2. The van der Waals surface area contributed by atoms with Gasteiger partial charge in [0.15, 0.2) is 6.10 Å². The van der Waals surface area contributed by atoms with Crippen molar-refractivity contribution in [3.05, 3.63) is 28.8 Å². The predicted octanol–water partition coefficient (Wildman–Crippen LogP) is 0.669. The smallest absolute Gasteiger partial charge is 0.338 e. The lowest BCUT2D eigenvalue weighted by atomic mass is 10.2. The van der Waals surface area contributed by atoms with Crippen LogP contribution in [0.3, 0.4) is 0 Å². The molecular formula is C12H15ClN2O5S. The zero-order valence-electron chi connectivity index (χ0n) is 11.4. The molecule has 0 unspecified atom stereocenters. The third kappa shape index (κ3) is 4.69. The maximum Gasteiger partial charge on any atom is 0.338 e. The summed E-state index contributed by atoms with van der Waals surface area (Å²) in [5.74, 6) is -1.30. The van der Waals surface area contributed by atoms with Crippen molar-refractivity contribution in [2.75, 3.05) is 6.54 Å². The maximum atomic E-state index is 11.9. The van der Waals surface area contributed by atoms with Crippen molar-refractivity contribution in [1.82, 2.24) is 5.32 Å². The van der Waals surface area contributed by atoms with E-state index in [1.54, 1.807) is 6.92 Å². The highest BCUT2D eigenvalue weighted by molar-refractivity contribution is 7.89. The average Bonchev–Trinajstić information content (AvgIpc) is 2.37. The number of amides is 1. The number of likely N-dealkylation sites (N-methyl/N-ethyl adjacent to an activating group) is 1. The molecule has 0 aromatic heterocycles. The van der Waals surface area contributed by atoms with E-state index in [0.717, 1.165) is 6.07 Å². The largest absolute Gasteiger partial charge is 0.449 e. The van der Waals surface area contributed by atoms with Crippen LogP contribution in [0.5, 0.6) is 0 Å². The van der Waals surface area contributed by atoms with Gasteiger partial charge in [-0.2, -0.15) is 0 Å². The molecule has 0 bridgehead atoms. The molecule has 0 saturated heterocycles. The molecule has 0 saturated carbocycles. The van der Waals surface area contributed by atoms with E-state index in [1.807, 2.05) is 0 Å². The van der Waals surface area contributed by atoms with Crippen LogP contribution in [0, 0.1) is 0 Å². The molecule has 21 heavy (non-hydrogen) atoms. The van der Waals surface area contributed by atoms with Crippen LogP contribution in [0.1, 0.15) is 24.2 Å². The molecule has 9 heteroatoms. The second-order valence-electron chi connectivity index (χ2n) is 4.13. The number of sulfonamides is 1. The lowest BCUT2D eigenvalue weighted by Crippen LogP contribution is -2.35. The van der Waals surface area contributed by atoms with Crippen LogP contribution < -0.4 is 10.5 Å². The highest BCUT2D eigenvalue weighted by Gasteiger charge is 2.21. The van der Waals surface area contributed by atoms with Gasteiger partial charge in [-0.15, -0.1) is 0 Å². The van der Waals surface area contributed by atoms with Gasteiger partial charge in [0.2, 0.25) is 10.0 Å². The zero-order chi connectivity index (χ0) is 16.2. The molecule has 7 nitrogen and oxygen atoms in total. The first-order chi connectivity index (χ1) is 9.66. The maximum absolute atomic E-state index is 11.9. The van der Waals surface area contributed by atoms with Crippen LogP contribution in [-0.4, -0.2) is 32.9 Å². The molecule has 0 fully saturated rings. The molecular weight excluding hydrogens is 320 g/mol. The van der Waals surface area contributed by atoms with E-state index in [9.17, 15) is 18.0 Å². The van der Waals surface area contributed by atoms with Gasteiger partial charge in [0.25, 0.3) is 5.91 Å². The number of nitrogens with two attached hydrogens (primary N) is 1. The van der Waals surface area contributed by atoms with Gasteiger partial charge in [0, 0.05) is 6.54 Å². The number of hydrogen-bond donors (Lipinski definition) is 2. The van der Waals surface area contributed by atoms with E-state index in [-0.39, 0.29) is 15.5 Å². The predicted molar refractivity (Wildman–Crippen MR) is 76.4 cm³/mol. The number of esters is 1. The van der Waals surface area contributed by atoms with E-state index >= 15 is 0 Å². The fourth-order valence-corrected chi connectivity index (χ4v) is 2.52. The monoisotopic (exact) mass is 334 g/mol. The van der Waals surface area contributed by atoms with Gasteiger partial charge in [0.1, 0.15) is 4.90 Å². The minimum atomic E-state index is -4.06. The number of benzene rings is 1. The van der Waals surface area contributed by atoms with Crippen molar-refractivity contribution in [1.29, 1.82) is 0 Å². The summed E-state index contributed by atoms with van der Waals surface area (Å²) >= 11 is 5.71. The molecule has 0 heterocycles. The molecule has 0 spiro atoms. The van der Waals surface area contributed by atoms with Gasteiger partial charge >= 0.3 is 5.97 Å². The summed E-state index contributed by atoms with van der Waals surface area (Å²) in [5, 5.41) is 7.38. The Morgan fingerprint density at radius 3 is 2.57 bits per heavy atom. The SMILES string of the molecule is CCNC(=O)[C@@H](C)OC(=O)c1ccc(Cl)c(S(N)(=O)=O)c1. The fraction of sp³-hybridized carbons (Fsp3) is 0.333. The van der Waals surface area contributed by atoms with Gasteiger partial charge in [-0.05, 0) is 32.0 Å². The molecule has 116 valence electrons. The highest BCUT2D eigenvalue weighted by Crippen LogP contribution is 2.22. The van der Waals surface area contributed by atoms with Crippen molar-refractivity contribution in [2.45, 2.75) is 24.8 Å². The van der Waals surface area contributed by atoms with Crippen molar-refractivity contribution in [3.8, 4) is 0 Å². The third-order valence-corrected chi connectivity index (χ3v) is 3.87. The van der Waals surface area contributed by atoms with Crippen molar-refractivity contribution in [3.63, 3.8) is 0 Å². The summed E-state index contributed by atoms with van der Waals surface area (Å²) in [6.07, 6.45) is -1.01. The molecule has 1 amide bonds. The number of ether oxygens (including phenoxy) is 1. The second kappa shape index (κ2) is 6.88. The van der Waals surface area contributed by atoms with Crippen LogP contribution in [0.15, 0.2) is 23.1 Å². The van der Waals surface area contributed by atoms with Gasteiger partial charge in [-0.1, -0.05) is 11.6 Å². The third-order valence-electron chi connectivity index (χ3n) is 2.48. The van der Waals surface area contributed by atoms with Gasteiger partial charge in [0.05, 0.1) is 10.6 Å². The molecule has 0 aliphatic carbocycles. The number of carbonyl (C=O) groups is 2. The molecule has 0 aliphatic rings. The normalized spacial score (nSPS) is 12.6. The highest BCUT2D eigenvalue weighted by atomic mass is 35.5. The van der Waals surface area contributed by atoms with E-state index in [1.165, 1.54) is 19.1 Å². The van der Waals surface area contributed by atoms with Gasteiger partial charge in [-0.3, -0.25) is 4.79 Å². The number of halogens is 1. The number of nitrogens with one attached hydrogen (secondary N) is 1. The zero-order valence-corrected chi connectivity index (χ0v) is 13.0. The Morgan fingerprint density at radius 1 is 1.43 bits per heavy atom. The molecule has 0 aliphatic heterocycles. The Morgan fingerprint density at radius 2 is 2.05 bits per heavy atom. The quantitative estimate of drug-likeness (QED) is 0.768. The first-order valence-electron chi connectivity index (χ1n) is 5.97. The molecule has 1 rings (SSSR count). The molecule has 3 N–H and O–H groups in total. The standard InChI is InChI=1S/C12H15ClN2O5S/c1-3-15-11(16)7(2)20-12(17)8-4-5-9(13)10(6-8)21(14,18)19/h4-7H,3H2,1-2H3,(H,15,16)(H2,14,18,19)/t7-/m1/s1. The summed E-state index contributed by atoms with van der Waals surface area (Å²) in [6.45, 7) is 3.53. The lowest BCUT2D eigenvalue weighted by Gasteiger charge is -2.13. The van der Waals surface area contributed by atoms with Gasteiger partial charge in [-0.25, -0.2) is 18.4 Å². The first-order valence-corrected chi connectivity index (χ1v) is 7.90. The summed E-state index contributed by atoms with van der Waals surface area (Å²) in [6, 6.07) is 3.50. The Kier molecular flexibility index (Phi) is 5.70. The van der Waals surface area contributed by atoms with Crippen LogP contribution in [0.4, 0.5) is 0 Å². The Hall–Kier alpha value is -1.64. The summed E-state index contributed by atoms with van der Waals surface area (Å²) in [5.41, 5.74) is -0.0698. The van der Waals surface area contributed by atoms with Crippen molar-refractivity contribution in [2.24, 2.45) is 5.14 Å². The van der Waals surface area contributed by atoms with Gasteiger partial charge < -0.3 is 10.1 Å². The first kappa shape index (κ1) is 17.4.